The summed E-state index contributed by atoms with van der Waals surface area (Å²) in [5, 5.41) is 9.38. The van der Waals surface area contributed by atoms with Gasteiger partial charge in [0, 0.05) is 49.4 Å². The Labute approximate surface area is 535 Å². The Kier molecular flexibility index (Phi) is 29.0. The number of carbonyl (C=O) groups is 4. The number of esters is 2. The third-order valence-electron chi connectivity index (χ3n) is 16.2. The van der Waals surface area contributed by atoms with Crippen molar-refractivity contribution in [2.24, 2.45) is 17.6 Å². The Balaban J connectivity index is 0.000000322. The third-order valence-corrected chi connectivity index (χ3v) is 16.2. The van der Waals surface area contributed by atoms with E-state index in [1.54, 1.807) is 65.9 Å². The predicted molar refractivity (Wildman–Crippen MR) is 354 cm³/mol. The third kappa shape index (κ3) is 20.7. The van der Waals surface area contributed by atoms with Crippen LogP contribution in [0, 0.1) is 90.5 Å². The van der Waals surface area contributed by atoms with Gasteiger partial charge < -0.3 is 34.7 Å². The number of rotatable bonds is 26. The number of likely N-dealkylation sites (N-methyl/N-ethyl adjacent to an activating group) is 2. The van der Waals surface area contributed by atoms with E-state index in [1.165, 1.54) is 10.8 Å². The number of aryl methyl sites for hydroxylation is 6. The molecule has 3 N–H and O–H groups in total. The Bertz CT molecular complexity index is 3610. The van der Waals surface area contributed by atoms with E-state index in [2.05, 4.69) is 0 Å². The monoisotopic (exact) mass is 1260 g/mol. The fraction of sp³-hybridized carbons (Fsp3) is 0.479. The van der Waals surface area contributed by atoms with Crippen molar-refractivity contribution in [2.45, 2.75) is 166 Å². The lowest BCUT2D eigenvalue weighted by Crippen LogP contribution is -2.34. The van der Waals surface area contributed by atoms with E-state index in [9.17, 15) is 42.7 Å². The minimum absolute atomic E-state index is 0.00437. The van der Waals surface area contributed by atoms with Crippen molar-refractivity contribution < 1.29 is 51.3 Å². The normalized spacial score (nSPS) is 12.7. The first kappa shape index (κ1) is 75.9. The second-order valence-electron chi connectivity index (χ2n) is 25.3. The molecule has 4 aromatic carbocycles. The highest BCUT2D eigenvalue weighted by Crippen LogP contribution is 2.38. The van der Waals surface area contributed by atoms with Crippen LogP contribution < -0.4 is 16.9 Å². The van der Waals surface area contributed by atoms with Gasteiger partial charge in [-0.25, -0.2) is 22.4 Å². The molecule has 6 rings (SSSR count). The van der Waals surface area contributed by atoms with Gasteiger partial charge >= 0.3 is 17.9 Å². The van der Waals surface area contributed by atoms with E-state index in [-0.39, 0.29) is 79.9 Å². The molecule has 4 atom stereocenters. The van der Waals surface area contributed by atoms with Crippen LogP contribution in [-0.4, -0.2) is 102 Å². The van der Waals surface area contributed by atoms with Crippen LogP contribution in [0.1, 0.15) is 164 Å². The number of carboxylic acid groups (broad SMARTS) is 1. The molecule has 0 aliphatic carbocycles. The maximum atomic E-state index is 16.0. The number of pyridine rings is 2. The summed E-state index contributed by atoms with van der Waals surface area (Å²) in [4.78, 5) is 79.5. The van der Waals surface area contributed by atoms with Gasteiger partial charge in [0.25, 0.3) is 11.1 Å². The number of hydrogen-bond donors (Lipinski definition) is 2. The van der Waals surface area contributed by atoms with Crippen molar-refractivity contribution in [2.75, 3.05) is 54.5 Å². The highest BCUT2D eigenvalue weighted by atomic mass is 19.1. The number of aromatic nitrogens is 2. The summed E-state index contributed by atoms with van der Waals surface area (Å²) < 4.78 is 72.4. The predicted octanol–water partition coefficient (Wildman–Crippen LogP) is 13.9. The number of benzene rings is 4. The van der Waals surface area contributed by atoms with Crippen molar-refractivity contribution >= 4 is 23.7 Å². The number of carbonyl (C=O) groups excluding carboxylic acids is 3. The number of carboxylic acids is 1. The Morgan fingerprint density at radius 2 is 0.912 bits per heavy atom. The lowest BCUT2D eigenvalue weighted by atomic mass is 9.84. The van der Waals surface area contributed by atoms with Gasteiger partial charge in [-0.05, 0) is 243 Å². The highest BCUT2D eigenvalue weighted by molar-refractivity contribution is 5.85. The molecule has 0 saturated heterocycles. The van der Waals surface area contributed by atoms with Gasteiger partial charge in [-0.3, -0.25) is 28.5 Å². The Morgan fingerprint density at radius 3 is 1.30 bits per heavy atom. The molecule has 14 nitrogen and oxygen atoms in total. The molecule has 1 unspecified atom stereocenters. The molecule has 0 fully saturated rings. The van der Waals surface area contributed by atoms with E-state index >= 15 is 8.78 Å². The van der Waals surface area contributed by atoms with Gasteiger partial charge in [0.15, 0.2) is 17.4 Å². The van der Waals surface area contributed by atoms with Gasteiger partial charge in [0.05, 0.1) is 32.1 Å². The summed E-state index contributed by atoms with van der Waals surface area (Å²) in [6, 6.07) is 16.3. The molecule has 0 radical (unpaired) electrons. The van der Waals surface area contributed by atoms with Crippen molar-refractivity contribution in [1.82, 2.24) is 18.9 Å². The van der Waals surface area contributed by atoms with Crippen LogP contribution in [0.3, 0.4) is 0 Å². The zero-order valence-corrected chi connectivity index (χ0v) is 56.8. The quantitative estimate of drug-likeness (QED) is 0.0388. The number of halogens is 4. The minimum Gasteiger partial charge on any atom is -0.480 e. The number of nitrogens with two attached hydrogens (primary N) is 1. The first-order valence-electron chi connectivity index (χ1n) is 31.3. The summed E-state index contributed by atoms with van der Waals surface area (Å²) in [6.45, 7) is 27.3. The topological polar surface area (TPSA) is 183 Å². The average molecular weight is 1260 g/mol. The van der Waals surface area contributed by atoms with Crippen LogP contribution in [0.25, 0.3) is 22.3 Å². The molecule has 91 heavy (non-hydrogen) atoms. The Morgan fingerprint density at radius 1 is 0.538 bits per heavy atom. The molecule has 0 saturated carbocycles. The largest absolute Gasteiger partial charge is 0.480 e. The molecular weight excluding hydrogens is 1170 g/mol. The molecule has 2 heterocycles. The number of nitrogens with zero attached hydrogens (tertiary/aromatic N) is 4. The number of hydrogen-bond acceptors (Lipinski definition) is 11. The zero-order chi connectivity index (χ0) is 68.5. The van der Waals surface area contributed by atoms with Crippen molar-refractivity contribution in [3.8, 4) is 22.3 Å². The summed E-state index contributed by atoms with van der Waals surface area (Å²) in [7, 11) is 7.63. The second kappa shape index (κ2) is 34.8. The summed E-state index contributed by atoms with van der Waals surface area (Å²) >= 11 is 0. The van der Waals surface area contributed by atoms with Crippen LogP contribution in [0.4, 0.5) is 17.6 Å². The van der Waals surface area contributed by atoms with Crippen molar-refractivity contribution in [3.63, 3.8) is 0 Å². The molecule has 0 bridgehead atoms. The number of ketones is 1. The summed E-state index contributed by atoms with van der Waals surface area (Å²) in [5.74, 6) is -5.79. The van der Waals surface area contributed by atoms with Gasteiger partial charge in [-0.2, -0.15) is 0 Å². The Hall–Kier alpha value is -7.54. The molecule has 2 aromatic heterocycles. The first-order valence-corrected chi connectivity index (χ1v) is 31.3. The van der Waals surface area contributed by atoms with Crippen LogP contribution >= 0.6 is 0 Å². The van der Waals surface area contributed by atoms with Crippen molar-refractivity contribution in [1.29, 1.82) is 0 Å². The van der Waals surface area contributed by atoms with E-state index < -0.39 is 70.5 Å². The zero-order valence-electron chi connectivity index (χ0n) is 56.8. The summed E-state index contributed by atoms with van der Waals surface area (Å²) in [5.41, 5.74) is 15.8. The number of ether oxygens (including phenoxy) is 2. The molecule has 18 heteroatoms. The van der Waals surface area contributed by atoms with E-state index in [0.29, 0.717) is 59.3 Å². The fourth-order valence-electron chi connectivity index (χ4n) is 11.3. The first-order chi connectivity index (χ1) is 42.6. The number of aliphatic carboxylic acids is 1. The van der Waals surface area contributed by atoms with E-state index in [1.807, 2.05) is 136 Å². The maximum absolute atomic E-state index is 16.0. The van der Waals surface area contributed by atoms with Gasteiger partial charge in [0.1, 0.15) is 17.7 Å². The number of Topliss-reactive ketones (excluding diaryl/α,β-unsaturated/α-hetero) is 1. The standard InChI is InChI=1S/C37H48F2N2O4.C20H24FNO2.C16H25FN2O3/c1-10-45-33(43)20-28(30-18-29(17-25(6)35(30)38)34-23(4)12-11-13-24(34)5)19-32(42)31(16-22(2)3)41-21-27(14-15-40(8)9)26(7)36(39)37(41)44;1-5-24-18(23)11-17(22)16-10-15(9-14(4)20(16)21)19-12(2)7-6-8-13(19)3;1-10(2)8-13(16(21)22)19-9-12(6-7-18(4)5)11(3)14(17)15(19)20/h11-13,17-18,21-22,28,31H,10,14-16,19-20H2,1-9H3;6-10,17H,5,11,22H2,1-4H3;9-10,13H,6-8H2,1-5H3,(H,21,22)/t28-,31-;17-;/m00./s1. The lowest BCUT2D eigenvalue weighted by molar-refractivity contribution is -0.144. The second-order valence-corrected chi connectivity index (χ2v) is 25.3. The van der Waals surface area contributed by atoms with Crippen LogP contribution in [0.2, 0.25) is 0 Å². The minimum atomic E-state index is -1.11. The lowest BCUT2D eigenvalue weighted by Gasteiger charge is -2.26. The molecule has 0 aliphatic heterocycles. The summed E-state index contributed by atoms with van der Waals surface area (Å²) in [6.07, 6.45) is 4.25. The average Bonchev–Trinajstić information content (AvgIpc) is 0.854. The molecule has 496 valence electrons. The van der Waals surface area contributed by atoms with Gasteiger partial charge in [0.2, 0.25) is 0 Å². The highest BCUT2D eigenvalue weighted by Gasteiger charge is 2.32. The van der Waals surface area contributed by atoms with E-state index in [4.69, 9.17) is 15.2 Å². The van der Waals surface area contributed by atoms with Crippen LogP contribution in [0.15, 0.2) is 82.6 Å². The van der Waals surface area contributed by atoms with E-state index in [0.717, 1.165) is 49.1 Å². The molecule has 0 spiro atoms. The SMILES string of the molecule is CCOC(=O)C[C@H](CC(=O)[C@H](CC(C)C)n1cc(CCN(C)C)c(C)c(F)c1=O)c1cc(-c2c(C)cccc2C)cc(C)c1F.CCOC(=O)C[C@H](N)c1cc(-c2c(C)cccc2C)cc(C)c1F.Cc1c(CCN(C)C)cn(C(CC(C)C)C(=O)O)c(=O)c1F. The van der Waals surface area contributed by atoms with Gasteiger partial charge in [-0.15, -0.1) is 0 Å². The molecule has 0 amide bonds. The molecule has 0 aliphatic rings. The van der Waals surface area contributed by atoms with Gasteiger partial charge in [-0.1, -0.05) is 64.1 Å². The molecular formula is C73H97F4N5O9. The van der Waals surface area contributed by atoms with Crippen LogP contribution in [-0.2, 0) is 41.5 Å². The van der Waals surface area contributed by atoms with Crippen molar-refractivity contribution in [3.05, 3.63) is 184 Å². The molecule has 6 aromatic rings. The fourth-order valence-corrected chi connectivity index (χ4v) is 11.3. The maximum Gasteiger partial charge on any atom is 0.326 e. The van der Waals surface area contributed by atoms with Crippen LogP contribution in [0.5, 0.6) is 0 Å². The smallest absolute Gasteiger partial charge is 0.326 e.